The van der Waals surface area contributed by atoms with Crippen LogP contribution >= 0.6 is 0 Å². The second kappa shape index (κ2) is 7.67. The number of nitrogens with zero attached hydrogens (tertiary/aromatic N) is 5. The summed E-state index contributed by atoms with van der Waals surface area (Å²) in [7, 11) is 0. The summed E-state index contributed by atoms with van der Waals surface area (Å²) in [5.41, 5.74) is 2.80. The van der Waals surface area contributed by atoms with E-state index in [2.05, 4.69) is 56.5 Å². The third-order valence-corrected chi connectivity index (χ3v) is 4.70. The van der Waals surface area contributed by atoms with Crippen molar-refractivity contribution in [2.45, 2.75) is 13.8 Å². The maximum atomic E-state index is 12.9. The van der Waals surface area contributed by atoms with Crippen molar-refractivity contribution in [2.75, 3.05) is 36.4 Å². The Morgan fingerprint density at radius 2 is 1.86 bits per heavy atom. The molecule has 144 valence electrons. The largest absolute Gasteiger partial charge is 0.368 e. The molecule has 8 heteroatoms. The van der Waals surface area contributed by atoms with E-state index in [4.69, 9.17) is 4.52 Å². The van der Waals surface area contributed by atoms with E-state index in [0.717, 1.165) is 13.1 Å². The van der Waals surface area contributed by atoms with E-state index in [-0.39, 0.29) is 5.91 Å². The van der Waals surface area contributed by atoms with Crippen molar-refractivity contribution in [2.24, 2.45) is 0 Å². The maximum absolute atomic E-state index is 12.9. The van der Waals surface area contributed by atoms with Gasteiger partial charge in [0.1, 0.15) is 23.6 Å². The van der Waals surface area contributed by atoms with Crippen LogP contribution in [0, 0.1) is 13.8 Å². The van der Waals surface area contributed by atoms with Gasteiger partial charge in [0, 0.05) is 44.0 Å². The first kappa shape index (κ1) is 18.0. The Hall–Kier alpha value is -3.42. The molecule has 2 aromatic heterocycles. The lowest BCUT2D eigenvalue weighted by molar-refractivity contribution is 0.0740. The molecule has 0 aliphatic carbocycles. The first-order chi connectivity index (χ1) is 13.6. The monoisotopic (exact) mass is 378 g/mol. The van der Waals surface area contributed by atoms with Crippen molar-refractivity contribution in [1.82, 2.24) is 20.0 Å². The topological polar surface area (TPSA) is 87.4 Å². The van der Waals surface area contributed by atoms with E-state index in [1.165, 1.54) is 17.6 Å². The van der Waals surface area contributed by atoms with Gasteiger partial charge in [-0.2, -0.15) is 0 Å². The van der Waals surface area contributed by atoms with Gasteiger partial charge >= 0.3 is 0 Å². The Balaban J connectivity index is 1.40. The Morgan fingerprint density at radius 3 is 2.57 bits per heavy atom. The Labute approximate surface area is 163 Å². The molecule has 1 aromatic carbocycles. The van der Waals surface area contributed by atoms with E-state index >= 15 is 0 Å². The minimum absolute atomic E-state index is 0.0920. The quantitative estimate of drug-likeness (QED) is 0.747. The highest BCUT2D eigenvalue weighted by molar-refractivity contribution is 5.93. The van der Waals surface area contributed by atoms with E-state index in [1.807, 2.05) is 11.8 Å². The number of amides is 1. The van der Waals surface area contributed by atoms with Crippen molar-refractivity contribution in [3.63, 3.8) is 0 Å². The molecule has 8 nitrogen and oxygen atoms in total. The fraction of sp³-hybridized carbons (Fsp3) is 0.300. The molecule has 28 heavy (non-hydrogen) atoms. The summed E-state index contributed by atoms with van der Waals surface area (Å²) in [5, 5.41) is 6.89. The van der Waals surface area contributed by atoms with E-state index in [1.54, 1.807) is 12.1 Å². The van der Waals surface area contributed by atoms with Crippen LogP contribution in [0.4, 0.5) is 17.3 Å². The van der Waals surface area contributed by atoms with Crippen molar-refractivity contribution >= 4 is 23.2 Å². The van der Waals surface area contributed by atoms with Gasteiger partial charge in [-0.1, -0.05) is 17.3 Å². The number of benzene rings is 1. The van der Waals surface area contributed by atoms with Gasteiger partial charge in [-0.25, -0.2) is 9.97 Å². The number of aromatic nitrogens is 3. The Morgan fingerprint density at radius 1 is 1.04 bits per heavy atom. The predicted octanol–water partition coefficient (Wildman–Crippen LogP) is 2.79. The zero-order chi connectivity index (χ0) is 19.5. The molecule has 3 aromatic rings. The Bertz CT molecular complexity index is 978. The van der Waals surface area contributed by atoms with Gasteiger partial charge in [0.05, 0.1) is 0 Å². The summed E-state index contributed by atoms with van der Waals surface area (Å²) < 4.78 is 5.03. The van der Waals surface area contributed by atoms with Gasteiger partial charge in [-0.05, 0) is 31.5 Å². The lowest BCUT2D eigenvalue weighted by atomic mass is 10.2. The summed E-state index contributed by atoms with van der Waals surface area (Å²) >= 11 is 0. The van der Waals surface area contributed by atoms with Crippen LogP contribution in [0.3, 0.4) is 0 Å². The normalized spacial score (nSPS) is 14.2. The lowest BCUT2D eigenvalue weighted by Crippen LogP contribution is -2.49. The lowest BCUT2D eigenvalue weighted by Gasteiger charge is -2.36. The smallest absolute Gasteiger partial charge is 0.272 e. The van der Waals surface area contributed by atoms with Gasteiger partial charge in [-0.3, -0.25) is 4.79 Å². The van der Waals surface area contributed by atoms with Crippen LogP contribution in [0.2, 0.25) is 0 Å². The molecule has 0 atom stereocenters. The number of rotatable bonds is 4. The number of aryl methyl sites for hydroxylation is 2. The number of hydrogen-bond donors (Lipinski definition) is 1. The number of piperazine rings is 1. The second-order valence-corrected chi connectivity index (χ2v) is 6.85. The van der Waals surface area contributed by atoms with Crippen LogP contribution in [-0.2, 0) is 0 Å². The minimum atomic E-state index is -0.0920. The average Bonchev–Trinajstić information content (AvgIpc) is 3.12. The van der Waals surface area contributed by atoms with Crippen molar-refractivity contribution in [3.8, 4) is 0 Å². The molecule has 4 rings (SSSR count). The second-order valence-electron chi connectivity index (χ2n) is 6.85. The third-order valence-electron chi connectivity index (χ3n) is 4.70. The van der Waals surface area contributed by atoms with Gasteiger partial charge in [0.25, 0.3) is 5.91 Å². The van der Waals surface area contributed by atoms with Crippen molar-refractivity contribution < 1.29 is 9.32 Å². The van der Waals surface area contributed by atoms with Gasteiger partial charge < -0.3 is 19.6 Å². The number of hydrogen-bond acceptors (Lipinski definition) is 7. The fourth-order valence-corrected chi connectivity index (χ4v) is 3.25. The number of carbonyl (C=O) groups excluding carboxylic acids is 1. The summed E-state index contributed by atoms with van der Waals surface area (Å²) in [5.74, 6) is 1.65. The standard InChI is InChI=1S/C20H22N6O2/c1-14-4-3-5-16(10-14)25-6-8-26(9-7-25)20(27)17-12-18(22-13-21-17)23-19-11-15(2)28-24-19/h3-5,10-13H,6-9H2,1-2H3,(H,21,22,23,24). The third kappa shape index (κ3) is 3.95. The number of anilines is 3. The van der Waals surface area contributed by atoms with Crippen LogP contribution in [0.25, 0.3) is 0 Å². The molecule has 1 fully saturated rings. The average molecular weight is 378 g/mol. The highest BCUT2D eigenvalue weighted by Gasteiger charge is 2.23. The molecule has 0 radical (unpaired) electrons. The van der Waals surface area contributed by atoms with Crippen LogP contribution in [0.15, 0.2) is 47.2 Å². The molecule has 0 spiro atoms. The van der Waals surface area contributed by atoms with Crippen LogP contribution in [0.1, 0.15) is 21.8 Å². The molecular weight excluding hydrogens is 356 g/mol. The highest BCUT2D eigenvalue weighted by Crippen LogP contribution is 2.19. The summed E-state index contributed by atoms with van der Waals surface area (Å²) in [6, 6.07) is 11.8. The molecular formula is C20H22N6O2. The fourth-order valence-electron chi connectivity index (χ4n) is 3.25. The summed E-state index contributed by atoms with van der Waals surface area (Å²) in [6.45, 7) is 6.80. The summed E-state index contributed by atoms with van der Waals surface area (Å²) in [4.78, 5) is 25.3. The predicted molar refractivity (Wildman–Crippen MR) is 106 cm³/mol. The van der Waals surface area contributed by atoms with E-state index in [9.17, 15) is 4.79 Å². The van der Waals surface area contributed by atoms with E-state index < -0.39 is 0 Å². The summed E-state index contributed by atoms with van der Waals surface area (Å²) in [6.07, 6.45) is 1.38. The first-order valence-electron chi connectivity index (χ1n) is 9.22. The SMILES string of the molecule is Cc1cccc(N2CCN(C(=O)c3cc(Nc4cc(C)on4)ncn3)CC2)c1. The van der Waals surface area contributed by atoms with Crippen molar-refractivity contribution in [3.05, 3.63) is 59.7 Å². The zero-order valence-corrected chi connectivity index (χ0v) is 15.9. The molecule has 0 saturated carbocycles. The zero-order valence-electron chi connectivity index (χ0n) is 15.9. The van der Waals surface area contributed by atoms with Crippen LogP contribution < -0.4 is 10.2 Å². The van der Waals surface area contributed by atoms with Gasteiger partial charge in [0.2, 0.25) is 0 Å². The highest BCUT2D eigenvalue weighted by atomic mass is 16.5. The molecule has 3 heterocycles. The van der Waals surface area contributed by atoms with Crippen molar-refractivity contribution in [1.29, 1.82) is 0 Å². The van der Waals surface area contributed by atoms with E-state index in [0.29, 0.717) is 36.2 Å². The van der Waals surface area contributed by atoms with Gasteiger partial charge in [-0.15, -0.1) is 0 Å². The maximum Gasteiger partial charge on any atom is 0.272 e. The molecule has 1 aliphatic rings. The minimum Gasteiger partial charge on any atom is -0.368 e. The number of nitrogens with one attached hydrogen (secondary N) is 1. The first-order valence-corrected chi connectivity index (χ1v) is 9.22. The Kier molecular flexibility index (Phi) is 4.92. The molecule has 1 saturated heterocycles. The van der Waals surface area contributed by atoms with Crippen LogP contribution in [0.5, 0.6) is 0 Å². The molecule has 0 bridgehead atoms. The van der Waals surface area contributed by atoms with Crippen LogP contribution in [-0.4, -0.2) is 52.1 Å². The molecule has 1 N–H and O–H groups in total. The molecule has 0 unspecified atom stereocenters. The number of carbonyl (C=O) groups is 1. The van der Waals surface area contributed by atoms with Gasteiger partial charge in [0.15, 0.2) is 5.82 Å². The molecule has 1 aliphatic heterocycles. The molecule has 1 amide bonds.